The van der Waals surface area contributed by atoms with Gasteiger partial charge < -0.3 is 28.4 Å². The van der Waals surface area contributed by atoms with Gasteiger partial charge in [0, 0.05) is 75.0 Å². The Morgan fingerprint density at radius 3 is 1.23 bits per heavy atom. The number of carbonyl (C=O) groups excluding carboxylic acids is 5. The Morgan fingerprint density at radius 2 is 0.768 bits per heavy atom. The van der Waals surface area contributed by atoms with E-state index in [1.165, 1.54) is 215 Å². The van der Waals surface area contributed by atoms with Crippen LogP contribution in [0.15, 0.2) is 133 Å². The summed E-state index contributed by atoms with van der Waals surface area (Å²) in [6.45, 7) is 13.7. The molecule has 0 amide bonds. The van der Waals surface area contributed by atoms with Crippen molar-refractivity contribution in [3.63, 3.8) is 0 Å². The summed E-state index contributed by atoms with van der Waals surface area (Å²) >= 11 is 7.67. The maximum Gasteiger partial charge on any atom is 0.331 e. The zero-order valence-electron chi connectivity index (χ0n) is 58.8. The number of esters is 5. The molecule has 1 atom stereocenters. The molecule has 0 fully saturated rings. The highest BCUT2D eigenvalue weighted by molar-refractivity contribution is 7.24. The molecule has 9 aromatic rings. The van der Waals surface area contributed by atoms with Gasteiger partial charge in [0.2, 0.25) is 0 Å². The van der Waals surface area contributed by atoms with Gasteiger partial charge in [-0.3, -0.25) is 4.79 Å². The minimum Gasteiger partial charge on any atom is -0.494 e. The Morgan fingerprint density at radius 1 is 0.394 bits per heavy atom. The van der Waals surface area contributed by atoms with Crippen LogP contribution in [0.3, 0.4) is 0 Å². The molecule has 0 radical (unpaired) electrons. The van der Waals surface area contributed by atoms with E-state index in [2.05, 4.69) is 149 Å². The fourth-order valence-corrected chi connectivity index (χ4v) is 18.0. The van der Waals surface area contributed by atoms with E-state index < -0.39 is 29.8 Å². The van der Waals surface area contributed by atoms with E-state index in [9.17, 15) is 24.0 Å². The van der Waals surface area contributed by atoms with Crippen LogP contribution in [0.1, 0.15) is 199 Å². The van der Waals surface area contributed by atoms with Gasteiger partial charge >= 0.3 is 29.8 Å². The largest absolute Gasteiger partial charge is 0.494 e. The molecule has 4 aromatic heterocycles. The van der Waals surface area contributed by atoms with Crippen molar-refractivity contribution in [1.29, 1.82) is 0 Å². The summed E-state index contributed by atoms with van der Waals surface area (Å²) in [5.74, 6) is -2.63. The van der Waals surface area contributed by atoms with E-state index in [1.807, 2.05) is 45.3 Å². The Labute approximate surface area is 601 Å². The molecular weight excluding hydrogens is 1310 g/mol. The molecule has 0 saturated heterocycles. The third kappa shape index (κ3) is 20.4. The lowest BCUT2D eigenvalue weighted by molar-refractivity contribution is -0.148. The van der Waals surface area contributed by atoms with Crippen molar-refractivity contribution >= 4 is 116 Å². The van der Waals surface area contributed by atoms with Crippen LogP contribution in [0.4, 0.5) is 0 Å². The Hall–Kier alpha value is -7.43. The molecule has 0 N–H and O–H groups in total. The fourth-order valence-electron chi connectivity index (χ4n) is 13.6. The SMILES string of the molecule is CCCCCCCCCCCOc1ccc(-c2cc3cc4sc(-c5ccc6c(c5)C(C)(C(C)(C)CCCCCC)c5cc(-c7cc8cc9sc(CCCCCCCCCCOC(=O)/C=C\C(=O)OCCOC(=O)/C=C\C(=O)OCCOC(C)=O)cc9cc8s7)ccc5-6)cc4cc3s2)cc1. The van der Waals surface area contributed by atoms with Crippen molar-refractivity contribution in [3.05, 3.63) is 150 Å². The van der Waals surface area contributed by atoms with Gasteiger partial charge in [-0.1, -0.05) is 174 Å². The van der Waals surface area contributed by atoms with Gasteiger partial charge in [0.25, 0.3) is 0 Å². The number of aryl methyl sites for hydroxylation is 1. The van der Waals surface area contributed by atoms with Gasteiger partial charge in [-0.25, -0.2) is 19.2 Å². The van der Waals surface area contributed by atoms with Gasteiger partial charge in [0.1, 0.15) is 32.2 Å². The van der Waals surface area contributed by atoms with Gasteiger partial charge in [0.15, 0.2) is 0 Å². The number of ether oxygens (including phenoxy) is 6. The van der Waals surface area contributed by atoms with Crippen LogP contribution < -0.4 is 4.74 Å². The Bertz CT molecular complexity index is 4150. The van der Waals surface area contributed by atoms with E-state index in [0.29, 0.717) is 0 Å². The van der Waals surface area contributed by atoms with Crippen LogP contribution in [0.2, 0.25) is 0 Å². The molecule has 4 heterocycles. The second-order valence-electron chi connectivity index (χ2n) is 27.2. The minimum absolute atomic E-state index is 0.00404. The van der Waals surface area contributed by atoms with Crippen molar-refractivity contribution in [1.82, 2.24) is 0 Å². The molecule has 11 nitrogen and oxygen atoms in total. The number of carbonyl (C=O) groups is 5. The highest BCUT2D eigenvalue weighted by atomic mass is 32.1. The van der Waals surface area contributed by atoms with Crippen molar-refractivity contribution in [2.24, 2.45) is 5.41 Å². The topological polar surface area (TPSA) is 141 Å². The summed E-state index contributed by atoms with van der Waals surface area (Å²) in [5, 5.41) is 5.27. The quantitative estimate of drug-likeness (QED) is 0.0156. The molecule has 10 rings (SSSR count). The summed E-state index contributed by atoms with van der Waals surface area (Å²) in [7, 11) is 0. The zero-order valence-corrected chi connectivity index (χ0v) is 62.1. The minimum atomic E-state index is -0.845. The lowest BCUT2D eigenvalue weighted by atomic mass is 9.59. The van der Waals surface area contributed by atoms with Gasteiger partial charge in [0.05, 0.1) is 13.2 Å². The van der Waals surface area contributed by atoms with Crippen LogP contribution in [0.25, 0.3) is 82.8 Å². The van der Waals surface area contributed by atoms with E-state index in [4.69, 9.17) is 23.7 Å². The molecular formula is C84H98O11S4. The molecule has 1 aliphatic carbocycles. The standard InChI is InChI=1S/C84H98O11S4/c1-7-9-11-13-14-16-19-22-26-42-91-66-33-29-59(30-34-66)72-52-63-56-78-65(57-77(63)97-72)54-74(99-78)61-32-36-69-68-35-31-60(49-70(68)84(6,71(69)50-61)83(4,5)41-25-12-10-8-2)73-53-64-55-75-62(51-76(64)98-73)48-67(96-75)28-24-21-18-15-17-20-23-27-43-92-79(86)37-38-81(88)94-46-47-95-82(89)40-39-80(87)93-45-44-90-58(3)85/h29-40,48-57H,7-28,41-47H2,1-6H3/b38-37-,40-39-. The second-order valence-corrected chi connectivity index (χ2v) is 31.6. The molecule has 0 saturated carbocycles. The normalized spacial score (nSPS) is 13.7. The molecule has 5 aromatic carbocycles. The second kappa shape index (κ2) is 36.8. The number of unbranched alkanes of at least 4 members (excludes halogenated alkanes) is 18. The van der Waals surface area contributed by atoms with Crippen molar-refractivity contribution in [3.8, 4) is 48.2 Å². The van der Waals surface area contributed by atoms with Crippen LogP contribution >= 0.6 is 45.3 Å². The first kappa shape index (κ1) is 74.3. The van der Waals surface area contributed by atoms with Crippen LogP contribution in [-0.4, -0.2) is 69.5 Å². The molecule has 0 aliphatic heterocycles. The Kier molecular flexibility index (Phi) is 27.6. The summed E-state index contributed by atoms with van der Waals surface area (Å²) < 4.78 is 35.9. The van der Waals surface area contributed by atoms with Crippen molar-refractivity contribution < 1.29 is 52.4 Å². The maximum absolute atomic E-state index is 12.1. The highest BCUT2D eigenvalue weighted by Crippen LogP contribution is 2.60. The monoisotopic (exact) mass is 1410 g/mol. The number of thiophene rings is 4. The molecule has 524 valence electrons. The molecule has 99 heavy (non-hydrogen) atoms. The predicted molar refractivity (Wildman–Crippen MR) is 411 cm³/mol. The van der Waals surface area contributed by atoms with Crippen LogP contribution in [0, 0.1) is 5.41 Å². The molecule has 0 spiro atoms. The number of hydrogen-bond acceptors (Lipinski definition) is 15. The van der Waals surface area contributed by atoms with E-state index in [0.717, 1.165) is 75.2 Å². The van der Waals surface area contributed by atoms with Crippen LogP contribution in [0.5, 0.6) is 5.75 Å². The van der Waals surface area contributed by atoms with Crippen molar-refractivity contribution in [2.45, 2.75) is 195 Å². The molecule has 15 heteroatoms. The average molecular weight is 1410 g/mol. The zero-order chi connectivity index (χ0) is 69.6. The lowest BCUT2D eigenvalue weighted by Gasteiger charge is -2.44. The van der Waals surface area contributed by atoms with Gasteiger partial charge in [-0.15, -0.1) is 45.3 Å². The first-order chi connectivity index (χ1) is 48.1. The fraction of sp³-hybridized carbons (Fsp3) is 0.440. The number of rotatable bonds is 41. The van der Waals surface area contributed by atoms with E-state index in [1.54, 1.807) is 0 Å². The summed E-state index contributed by atoms with van der Waals surface area (Å²) in [5.41, 5.74) is 9.32. The third-order valence-corrected chi connectivity index (χ3v) is 24.1. The Balaban J connectivity index is 0.680. The van der Waals surface area contributed by atoms with E-state index >= 15 is 0 Å². The molecule has 0 bridgehead atoms. The number of hydrogen-bond donors (Lipinski definition) is 0. The first-order valence-corrected chi connectivity index (χ1v) is 39.5. The summed E-state index contributed by atoms with van der Waals surface area (Å²) in [6, 6.07) is 42.8. The van der Waals surface area contributed by atoms with Gasteiger partial charge in [-0.2, -0.15) is 0 Å². The number of fused-ring (bicyclic) bond motifs is 7. The maximum atomic E-state index is 12.1. The highest BCUT2D eigenvalue weighted by Gasteiger charge is 2.49. The van der Waals surface area contributed by atoms with Gasteiger partial charge in [-0.05, 0) is 183 Å². The molecule has 1 aliphatic rings. The first-order valence-electron chi connectivity index (χ1n) is 36.2. The smallest absolute Gasteiger partial charge is 0.331 e. The van der Waals surface area contributed by atoms with Crippen molar-refractivity contribution in [2.75, 3.05) is 39.6 Å². The summed E-state index contributed by atoms with van der Waals surface area (Å²) in [6.07, 6.45) is 31.5. The predicted octanol–water partition coefficient (Wildman–Crippen LogP) is 23.3. The lowest BCUT2D eigenvalue weighted by Crippen LogP contribution is -2.39. The number of benzene rings is 5. The van der Waals surface area contributed by atoms with Crippen LogP contribution in [-0.2, 0) is 59.5 Å². The third-order valence-electron chi connectivity index (χ3n) is 19.5. The van der Waals surface area contributed by atoms with E-state index in [-0.39, 0.29) is 43.9 Å². The summed E-state index contributed by atoms with van der Waals surface area (Å²) in [4.78, 5) is 63.5. The molecule has 1 unspecified atom stereocenters. The average Bonchev–Trinajstić information content (AvgIpc) is 1.57.